The fourth-order valence-electron chi connectivity index (χ4n) is 7.96. The van der Waals surface area contributed by atoms with E-state index in [0.29, 0.717) is 60.3 Å². The molecule has 0 atom stereocenters. The van der Waals surface area contributed by atoms with E-state index in [9.17, 15) is 44.0 Å². The molecule has 0 saturated heterocycles. The summed E-state index contributed by atoms with van der Waals surface area (Å²) < 4.78 is 142. The zero-order valence-electron chi connectivity index (χ0n) is 38.0. The molecular weight excluding hydrogens is 917 g/mol. The fourth-order valence-corrected chi connectivity index (χ4v) is 10.7. The lowest BCUT2D eigenvalue weighted by Gasteiger charge is -2.24. The summed E-state index contributed by atoms with van der Waals surface area (Å²) in [7, 11) is -6.80. The molecule has 2 aliphatic rings. The molecule has 0 bridgehead atoms. The summed E-state index contributed by atoms with van der Waals surface area (Å²) in [4.78, 5) is 7.94. The van der Waals surface area contributed by atoms with Gasteiger partial charge in [0, 0.05) is 95.0 Å². The van der Waals surface area contributed by atoms with Gasteiger partial charge in [0.1, 0.15) is 17.6 Å². The number of fused-ring (bicyclic) bond motifs is 2. The van der Waals surface area contributed by atoms with Crippen LogP contribution in [0, 0.1) is 28.0 Å². The number of nitrogens with zero attached hydrogens (tertiary/aromatic N) is 5. The Bertz CT molecular complexity index is 3090. The molecule has 2 fully saturated rings. The second-order valence-electron chi connectivity index (χ2n) is 19.3. The Balaban J connectivity index is 0.000000200. The van der Waals surface area contributed by atoms with Gasteiger partial charge in [-0.2, -0.15) is 18.4 Å². The molecule has 4 aromatic heterocycles. The van der Waals surface area contributed by atoms with Crippen LogP contribution in [0.15, 0.2) is 73.3 Å². The first kappa shape index (κ1) is 49.6. The third kappa shape index (κ3) is 11.4. The predicted octanol–water partition coefficient (Wildman–Crippen LogP) is 11.0. The lowest BCUT2D eigenvalue weighted by Crippen LogP contribution is -2.26. The van der Waals surface area contributed by atoms with Gasteiger partial charge in [0.25, 0.3) is 6.43 Å². The zero-order chi connectivity index (χ0) is 48.9. The highest BCUT2D eigenvalue weighted by Gasteiger charge is 2.38. The van der Waals surface area contributed by atoms with Crippen LogP contribution in [0.3, 0.4) is 0 Å². The molecule has 11 nitrogen and oxygen atoms in total. The van der Waals surface area contributed by atoms with Crippen LogP contribution in [0.5, 0.6) is 0 Å². The van der Waals surface area contributed by atoms with Crippen molar-refractivity contribution in [3.05, 3.63) is 107 Å². The molecule has 19 heteroatoms. The molecule has 6 aromatic rings. The number of benzene rings is 2. The molecule has 0 radical (unpaired) electrons. The van der Waals surface area contributed by atoms with E-state index in [1.807, 2.05) is 39.1 Å². The van der Waals surface area contributed by atoms with Crippen molar-refractivity contribution in [1.82, 2.24) is 28.5 Å². The summed E-state index contributed by atoms with van der Waals surface area (Å²) in [5.74, 6) is -0.965. The first-order valence-corrected chi connectivity index (χ1v) is 25.0. The van der Waals surface area contributed by atoms with Crippen molar-refractivity contribution in [2.45, 2.75) is 123 Å². The average molecular weight is 970 g/mol. The topological polar surface area (TPSA) is 152 Å². The summed E-state index contributed by atoms with van der Waals surface area (Å²) >= 11 is 0. The number of hydrogen-bond acceptors (Lipinski definition) is 7. The minimum atomic E-state index is -4.83. The quantitative estimate of drug-likeness (QED) is 0.0972. The third-order valence-electron chi connectivity index (χ3n) is 12.1. The van der Waals surface area contributed by atoms with Crippen molar-refractivity contribution >= 4 is 41.9 Å². The van der Waals surface area contributed by atoms with Crippen LogP contribution >= 0.6 is 0 Å². The Morgan fingerprint density at radius 3 is 1.91 bits per heavy atom. The highest BCUT2D eigenvalue weighted by Crippen LogP contribution is 2.42. The van der Waals surface area contributed by atoms with E-state index < -0.39 is 66.1 Å². The minimum Gasteiger partial charge on any atom is -0.347 e. The van der Waals surface area contributed by atoms with Crippen molar-refractivity contribution in [2.75, 3.05) is 0 Å². The summed E-state index contributed by atoms with van der Waals surface area (Å²) in [6.45, 7) is 13.7. The highest BCUT2D eigenvalue weighted by molar-refractivity contribution is 7.90. The van der Waals surface area contributed by atoms with E-state index in [2.05, 4.69) is 44.8 Å². The van der Waals surface area contributed by atoms with E-state index in [-0.39, 0.29) is 40.4 Å². The number of halogens is 6. The van der Waals surface area contributed by atoms with E-state index in [0.717, 1.165) is 41.7 Å². The highest BCUT2D eigenvalue weighted by atomic mass is 32.2. The SMILES string of the molecule is CC(C)(C)Cn1cc(CNS(=O)(=O)C2CC2)c2cc(F)c(-c3c(C(F)(F)F)ccnc3C#N)cc21.CCC(C)(C)Cn1cc(CNS(=O)(=O)C2CC2)c2ccc(-c3ncccc3C(F)F)cc21. The second-order valence-corrected chi connectivity index (χ2v) is 23.4. The molecule has 0 spiro atoms. The lowest BCUT2D eigenvalue weighted by atomic mass is 9.90. The third-order valence-corrected chi connectivity index (χ3v) is 15.8. The van der Waals surface area contributed by atoms with Crippen LogP contribution in [-0.4, -0.2) is 46.4 Å². The van der Waals surface area contributed by atoms with Crippen LogP contribution in [-0.2, 0) is 52.4 Å². The molecular formula is C48H53F6N7O4S2. The molecule has 67 heavy (non-hydrogen) atoms. The molecule has 2 N–H and O–H groups in total. The van der Waals surface area contributed by atoms with Gasteiger partial charge in [-0.15, -0.1) is 0 Å². The van der Waals surface area contributed by atoms with E-state index in [4.69, 9.17) is 0 Å². The predicted molar refractivity (Wildman–Crippen MR) is 246 cm³/mol. The molecule has 0 aliphatic heterocycles. The first-order chi connectivity index (χ1) is 31.3. The maximum atomic E-state index is 15.4. The van der Waals surface area contributed by atoms with Crippen molar-refractivity contribution in [1.29, 1.82) is 5.26 Å². The van der Waals surface area contributed by atoms with Gasteiger partial charge in [-0.25, -0.2) is 44.4 Å². The van der Waals surface area contributed by atoms with Crippen molar-refractivity contribution < 1.29 is 43.2 Å². The van der Waals surface area contributed by atoms with Gasteiger partial charge in [0.05, 0.1) is 21.8 Å². The van der Waals surface area contributed by atoms with E-state index in [1.165, 1.54) is 24.4 Å². The molecule has 358 valence electrons. The van der Waals surface area contributed by atoms with Gasteiger partial charge in [-0.1, -0.05) is 53.7 Å². The molecule has 2 aromatic carbocycles. The molecule has 8 rings (SSSR count). The lowest BCUT2D eigenvalue weighted by molar-refractivity contribution is -0.137. The average Bonchev–Trinajstić information content (AvgIpc) is 4.20. The Labute approximate surface area is 386 Å². The molecule has 0 amide bonds. The van der Waals surface area contributed by atoms with Gasteiger partial charge in [-0.3, -0.25) is 4.98 Å². The van der Waals surface area contributed by atoms with Gasteiger partial charge >= 0.3 is 6.18 Å². The number of sulfonamides is 2. The monoisotopic (exact) mass is 969 g/mol. The van der Waals surface area contributed by atoms with Crippen LogP contribution in [0.1, 0.15) is 108 Å². The number of hydrogen-bond donors (Lipinski definition) is 2. The van der Waals surface area contributed by atoms with E-state index >= 15 is 4.39 Å². The normalized spacial score (nSPS) is 15.0. The van der Waals surface area contributed by atoms with Crippen LogP contribution in [0.4, 0.5) is 26.3 Å². The van der Waals surface area contributed by atoms with Gasteiger partial charge in [0.2, 0.25) is 20.0 Å². The first-order valence-electron chi connectivity index (χ1n) is 21.9. The summed E-state index contributed by atoms with van der Waals surface area (Å²) in [6, 6.07) is 13.2. The van der Waals surface area contributed by atoms with Crippen molar-refractivity contribution in [3.8, 4) is 28.5 Å². The van der Waals surface area contributed by atoms with Crippen molar-refractivity contribution in [2.24, 2.45) is 10.8 Å². The Hall–Kier alpha value is -5.29. The minimum absolute atomic E-state index is 0.0197. The largest absolute Gasteiger partial charge is 0.417 e. The maximum absolute atomic E-state index is 15.4. The van der Waals surface area contributed by atoms with Crippen molar-refractivity contribution in [3.63, 3.8) is 0 Å². The Morgan fingerprint density at radius 2 is 1.37 bits per heavy atom. The molecule has 2 aliphatic carbocycles. The molecule has 4 heterocycles. The Morgan fingerprint density at radius 1 is 0.791 bits per heavy atom. The number of pyridine rings is 2. The Kier molecular flexibility index (Phi) is 13.8. The van der Waals surface area contributed by atoms with Gasteiger partial charge in [0.15, 0.2) is 0 Å². The summed E-state index contributed by atoms with van der Waals surface area (Å²) in [6.07, 6.45) is 2.17. The summed E-state index contributed by atoms with van der Waals surface area (Å²) in [5, 5.41) is 9.99. The number of aromatic nitrogens is 4. The molecule has 0 unspecified atom stereocenters. The number of nitriles is 1. The number of alkyl halides is 5. The zero-order valence-corrected chi connectivity index (χ0v) is 39.6. The second kappa shape index (κ2) is 18.7. The van der Waals surface area contributed by atoms with Crippen LogP contribution < -0.4 is 9.44 Å². The standard InChI is InChI=1S/C24H24F4N4O2S.C24H29F2N3O2S/c1-23(2,3)13-32-12-14(11-31-35(33,34)15-4-5-15)16-8-19(25)17(9-21(16)32)22-18(24(26,27)28)6-7-30-20(22)10-29;1-4-24(2,3)15-29-14-17(13-28-32(30,31)18-8-9-18)19-10-7-16(12-21(19)29)22-20(23(25)26)6-5-11-27-22/h6-9,12,15,31H,4-5,11,13H2,1-3H3;5-7,10-12,14,18,23,28H,4,8-9,13,15H2,1-3H3. The van der Waals surface area contributed by atoms with E-state index in [1.54, 1.807) is 22.9 Å². The fraction of sp³-hybridized carbons (Fsp3) is 0.438. The van der Waals surface area contributed by atoms with Gasteiger partial charge < -0.3 is 9.13 Å². The van der Waals surface area contributed by atoms with Gasteiger partial charge in [-0.05, 0) is 90.5 Å². The number of nitrogens with one attached hydrogen (secondary N) is 2. The smallest absolute Gasteiger partial charge is 0.347 e. The number of rotatable bonds is 15. The maximum Gasteiger partial charge on any atom is 0.417 e. The molecule has 2 saturated carbocycles. The van der Waals surface area contributed by atoms with Crippen LogP contribution in [0.2, 0.25) is 0 Å². The summed E-state index contributed by atoms with van der Waals surface area (Å²) in [5.41, 5.74) is 0.534. The van der Waals surface area contributed by atoms with Crippen LogP contribution in [0.25, 0.3) is 44.2 Å².